The second kappa shape index (κ2) is 7.74. The topological polar surface area (TPSA) is 97.2 Å². The van der Waals surface area contributed by atoms with Gasteiger partial charge in [0.25, 0.3) is 5.91 Å². The van der Waals surface area contributed by atoms with E-state index in [1.165, 1.54) is 16.4 Å². The molecule has 1 aliphatic rings. The quantitative estimate of drug-likeness (QED) is 0.666. The maximum atomic E-state index is 12.9. The lowest BCUT2D eigenvalue weighted by Crippen LogP contribution is -2.28. The van der Waals surface area contributed by atoms with Crippen LogP contribution in [0.15, 0.2) is 41.3 Å². The smallest absolute Gasteiger partial charge is 0.255 e. The molecule has 0 unspecified atom stereocenters. The number of nitrogens with zero attached hydrogens (tertiary/aromatic N) is 4. The van der Waals surface area contributed by atoms with Gasteiger partial charge in [-0.15, -0.1) is 5.10 Å². The Morgan fingerprint density at radius 3 is 2.66 bits per heavy atom. The average Bonchev–Trinajstić information content (AvgIpc) is 3.39. The molecule has 2 heterocycles. The van der Waals surface area contributed by atoms with Gasteiger partial charge in [0.15, 0.2) is 0 Å². The first-order chi connectivity index (χ1) is 13.9. The van der Waals surface area contributed by atoms with Crippen LogP contribution in [0, 0.1) is 0 Å². The van der Waals surface area contributed by atoms with Crippen molar-refractivity contribution in [1.82, 2.24) is 19.3 Å². The first-order valence-electron chi connectivity index (χ1n) is 9.34. The number of hydrogen-bond acceptors (Lipinski definition) is 5. The van der Waals surface area contributed by atoms with E-state index in [1.54, 1.807) is 28.9 Å². The molecule has 1 saturated heterocycles. The minimum absolute atomic E-state index is 0.000192. The van der Waals surface area contributed by atoms with E-state index in [2.05, 4.69) is 15.6 Å². The number of benzene rings is 2. The molecule has 29 heavy (non-hydrogen) atoms. The Morgan fingerprint density at radius 2 is 1.93 bits per heavy atom. The van der Waals surface area contributed by atoms with E-state index < -0.39 is 10.0 Å². The van der Waals surface area contributed by atoms with Crippen LogP contribution >= 0.6 is 11.6 Å². The fourth-order valence-electron chi connectivity index (χ4n) is 3.40. The summed E-state index contributed by atoms with van der Waals surface area (Å²) in [6.45, 7) is 3.60. The van der Waals surface area contributed by atoms with Crippen LogP contribution in [0.4, 0.5) is 5.69 Å². The van der Waals surface area contributed by atoms with Gasteiger partial charge in [-0.3, -0.25) is 4.79 Å². The molecule has 0 radical (unpaired) electrons. The Labute approximate surface area is 173 Å². The molecule has 3 aromatic rings. The SMILES string of the molecule is CCn1nnc2cc(C(=O)Nc3ccc(Cl)c(S(=O)(=O)N4CCCC4)c3)ccc21. The number of aromatic nitrogens is 3. The molecule has 1 aliphatic heterocycles. The molecule has 152 valence electrons. The molecular formula is C19H20ClN5O3S. The van der Waals surface area contributed by atoms with E-state index in [9.17, 15) is 13.2 Å². The number of aryl methyl sites for hydroxylation is 1. The van der Waals surface area contributed by atoms with E-state index in [0.717, 1.165) is 18.4 Å². The van der Waals surface area contributed by atoms with Crippen LogP contribution in [-0.2, 0) is 16.6 Å². The van der Waals surface area contributed by atoms with Crippen molar-refractivity contribution in [3.63, 3.8) is 0 Å². The Bertz CT molecular complexity index is 1190. The number of rotatable bonds is 5. The third-order valence-corrected chi connectivity index (χ3v) is 7.33. The predicted molar refractivity (Wildman–Crippen MR) is 111 cm³/mol. The van der Waals surface area contributed by atoms with Gasteiger partial charge in [0.2, 0.25) is 10.0 Å². The van der Waals surface area contributed by atoms with Gasteiger partial charge < -0.3 is 5.32 Å². The van der Waals surface area contributed by atoms with Gasteiger partial charge in [-0.2, -0.15) is 4.31 Å². The summed E-state index contributed by atoms with van der Waals surface area (Å²) < 4.78 is 28.9. The highest BCUT2D eigenvalue weighted by molar-refractivity contribution is 7.89. The van der Waals surface area contributed by atoms with E-state index >= 15 is 0 Å². The van der Waals surface area contributed by atoms with Crippen LogP contribution in [0.1, 0.15) is 30.1 Å². The van der Waals surface area contributed by atoms with Crippen molar-refractivity contribution in [3.8, 4) is 0 Å². The molecule has 1 aromatic heterocycles. The zero-order chi connectivity index (χ0) is 20.6. The molecule has 0 spiro atoms. The lowest BCUT2D eigenvalue weighted by Gasteiger charge is -2.17. The number of halogens is 1. The van der Waals surface area contributed by atoms with Gasteiger partial charge in [-0.25, -0.2) is 13.1 Å². The first kappa shape index (κ1) is 19.8. The summed E-state index contributed by atoms with van der Waals surface area (Å²) in [4.78, 5) is 12.7. The monoisotopic (exact) mass is 433 g/mol. The average molecular weight is 434 g/mol. The van der Waals surface area contributed by atoms with Crippen molar-refractivity contribution in [2.75, 3.05) is 18.4 Å². The number of nitrogens with one attached hydrogen (secondary N) is 1. The number of anilines is 1. The second-order valence-corrected chi connectivity index (χ2v) is 9.13. The van der Waals surface area contributed by atoms with Crippen LogP contribution in [0.3, 0.4) is 0 Å². The van der Waals surface area contributed by atoms with Crippen molar-refractivity contribution in [1.29, 1.82) is 0 Å². The number of fused-ring (bicyclic) bond motifs is 1. The highest BCUT2D eigenvalue weighted by Gasteiger charge is 2.29. The summed E-state index contributed by atoms with van der Waals surface area (Å²) in [6.07, 6.45) is 1.66. The zero-order valence-electron chi connectivity index (χ0n) is 15.8. The van der Waals surface area contributed by atoms with Crippen LogP contribution in [-0.4, -0.2) is 46.7 Å². The maximum Gasteiger partial charge on any atom is 0.255 e. The Balaban J connectivity index is 1.60. The third kappa shape index (κ3) is 3.73. The van der Waals surface area contributed by atoms with Crippen LogP contribution in [0.5, 0.6) is 0 Å². The van der Waals surface area contributed by atoms with Gasteiger partial charge in [-0.05, 0) is 56.2 Å². The normalized spacial score (nSPS) is 15.1. The molecule has 1 amide bonds. The lowest BCUT2D eigenvalue weighted by atomic mass is 10.2. The lowest BCUT2D eigenvalue weighted by molar-refractivity contribution is 0.102. The van der Waals surface area contributed by atoms with Gasteiger partial charge >= 0.3 is 0 Å². The van der Waals surface area contributed by atoms with Gasteiger partial charge in [-0.1, -0.05) is 16.8 Å². The van der Waals surface area contributed by atoms with Crippen LogP contribution < -0.4 is 5.32 Å². The second-order valence-electron chi connectivity index (χ2n) is 6.82. The Morgan fingerprint density at radius 1 is 1.17 bits per heavy atom. The molecule has 0 saturated carbocycles. The van der Waals surface area contributed by atoms with Crippen molar-refractivity contribution in [2.24, 2.45) is 0 Å². The number of hydrogen-bond donors (Lipinski definition) is 1. The molecule has 0 atom stereocenters. The van der Waals surface area contributed by atoms with Gasteiger partial charge in [0.05, 0.1) is 10.5 Å². The minimum atomic E-state index is -3.69. The molecule has 8 nitrogen and oxygen atoms in total. The Kier molecular flexibility index (Phi) is 5.28. The molecule has 10 heteroatoms. The molecule has 4 rings (SSSR count). The highest BCUT2D eigenvalue weighted by Crippen LogP contribution is 2.30. The number of carbonyl (C=O) groups is 1. The predicted octanol–water partition coefficient (Wildman–Crippen LogP) is 3.14. The summed E-state index contributed by atoms with van der Waals surface area (Å²) in [5, 5.41) is 11.0. The first-order valence-corrected chi connectivity index (χ1v) is 11.2. The van der Waals surface area contributed by atoms with Gasteiger partial charge in [0.1, 0.15) is 10.4 Å². The van der Waals surface area contributed by atoms with Crippen molar-refractivity contribution in [3.05, 3.63) is 47.0 Å². The summed E-state index contributed by atoms with van der Waals surface area (Å²) in [6, 6.07) is 9.59. The van der Waals surface area contributed by atoms with E-state index in [1.807, 2.05) is 6.92 Å². The number of sulfonamides is 1. The molecule has 2 aromatic carbocycles. The van der Waals surface area contributed by atoms with Crippen molar-refractivity contribution < 1.29 is 13.2 Å². The molecule has 0 bridgehead atoms. The molecule has 1 fully saturated rings. The zero-order valence-corrected chi connectivity index (χ0v) is 17.4. The highest BCUT2D eigenvalue weighted by atomic mass is 35.5. The summed E-state index contributed by atoms with van der Waals surface area (Å²) in [7, 11) is -3.69. The van der Waals surface area contributed by atoms with Gasteiger partial charge in [0, 0.05) is 30.9 Å². The van der Waals surface area contributed by atoms with E-state index in [-0.39, 0.29) is 15.8 Å². The third-order valence-electron chi connectivity index (χ3n) is 4.95. The van der Waals surface area contributed by atoms with Crippen molar-refractivity contribution >= 4 is 44.3 Å². The summed E-state index contributed by atoms with van der Waals surface area (Å²) in [5.41, 5.74) is 2.22. The Hall–Kier alpha value is -2.49. The van der Waals surface area contributed by atoms with Crippen LogP contribution in [0.25, 0.3) is 11.0 Å². The maximum absolute atomic E-state index is 12.9. The largest absolute Gasteiger partial charge is 0.322 e. The molecular weight excluding hydrogens is 414 g/mol. The fraction of sp³-hybridized carbons (Fsp3) is 0.316. The van der Waals surface area contributed by atoms with Crippen LogP contribution in [0.2, 0.25) is 5.02 Å². The summed E-state index contributed by atoms with van der Waals surface area (Å²) >= 11 is 6.16. The van der Waals surface area contributed by atoms with E-state index in [0.29, 0.717) is 36.4 Å². The number of amides is 1. The molecule has 0 aliphatic carbocycles. The summed E-state index contributed by atoms with van der Waals surface area (Å²) in [5.74, 6) is -0.371. The van der Waals surface area contributed by atoms with E-state index in [4.69, 9.17) is 11.6 Å². The van der Waals surface area contributed by atoms with Crippen molar-refractivity contribution in [2.45, 2.75) is 31.2 Å². The minimum Gasteiger partial charge on any atom is -0.322 e. The fourth-order valence-corrected chi connectivity index (χ4v) is 5.41. The molecule has 1 N–H and O–H groups in total. The standard InChI is InChI=1S/C19H20ClN5O3S/c1-2-25-17-8-5-13(11-16(17)22-23-25)19(26)21-14-6-7-15(20)18(12-14)29(27,28)24-9-3-4-10-24/h5-8,11-12H,2-4,9-10H2,1H3,(H,21,26). The number of carbonyl (C=O) groups excluding carboxylic acids is 1.